The first kappa shape index (κ1) is 16.5. The predicted molar refractivity (Wildman–Crippen MR) is 90.7 cm³/mol. The summed E-state index contributed by atoms with van der Waals surface area (Å²) >= 11 is 0. The monoisotopic (exact) mass is 312 g/mol. The molecule has 120 valence electrons. The molecule has 0 heterocycles. The van der Waals surface area contributed by atoms with Gasteiger partial charge in [-0.3, -0.25) is 9.59 Å². The first-order valence-electron chi connectivity index (χ1n) is 7.40. The molecule has 0 saturated carbocycles. The molecular formula is C18H20N2O3. The van der Waals surface area contributed by atoms with Gasteiger partial charge in [0.05, 0.1) is 13.0 Å². The SMILES string of the molecule is CC(=O)Nc1ccc(NC(=O)CCOc2cccc(C)c2)cc1. The Kier molecular flexibility index (Phi) is 5.74. The zero-order valence-electron chi connectivity index (χ0n) is 13.3. The maximum absolute atomic E-state index is 11.9. The molecule has 0 saturated heterocycles. The molecule has 0 aliphatic carbocycles. The van der Waals surface area contributed by atoms with Crippen molar-refractivity contribution in [3.63, 3.8) is 0 Å². The highest BCUT2D eigenvalue weighted by Crippen LogP contribution is 2.15. The predicted octanol–water partition coefficient (Wildman–Crippen LogP) is 3.36. The number of anilines is 2. The van der Waals surface area contributed by atoms with Crippen LogP contribution in [0.4, 0.5) is 11.4 Å². The van der Waals surface area contributed by atoms with Crippen LogP contribution in [0.15, 0.2) is 48.5 Å². The van der Waals surface area contributed by atoms with E-state index in [1.54, 1.807) is 24.3 Å². The molecule has 5 nitrogen and oxygen atoms in total. The van der Waals surface area contributed by atoms with Crippen LogP contribution in [-0.4, -0.2) is 18.4 Å². The first-order chi connectivity index (χ1) is 11.0. The molecule has 0 atom stereocenters. The summed E-state index contributed by atoms with van der Waals surface area (Å²) < 4.78 is 5.55. The lowest BCUT2D eigenvalue weighted by atomic mass is 10.2. The van der Waals surface area contributed by atoms with Crippen LogP contribution in [-0.2, 0) is 9.59 Å². The van der Waals surface area contributed by atoms with E-state index in [1.807, 2.05) is 31.2 Å². The van der Waals surface area contributed by atoms with Crippen LogP contribution in [0.3, 0.4) is 0 Å². The van der Waals surface area contributed by atoms with Gasteiger partial charge in [0.1, 0.15) is 5.75 Å². The highest BCUT2D eigenvalue weighted by Gasteiger charge is 2.04. The summed E-state index contributed by atoms with van der Waals surface area (Å²) in [7, 11) is 0. The van der Waals surface area contributed by atoms with Crippen molar-refractivity contribution in [3.8, 4) is 5.75 Å². The maximum atomic E-state index is 11.9. The lowest BCUT2D eigenvalue weighted by Gasteiger charge is -2.08. The standard InChI is InChI=1S/C18H20N2O3/c1-13-4-3-5-17(12-13)23-11-10-18(22)20-16-8-6-15(7-9-16)19-14(2)21/h3-9,12H,10-11H2,1-2H3,(H,19,21)(H,20,22). The third-order valence-corrected chi connectivity index (χ3v) is 3.08. The minimum Gasteiger partial charge on any atom is -0.493 e. The second-order valence-electron chi connectivity index (χ2n) is 5.22. The van der Waals surface area contributed by atoms with E-state index in [0.29, 0.717) is 18.0 Å². The molecule has 0 fully saturated rings. The summed E-state index contributed by atoms with van der Waals surface area (Å²) in [5.41, 5.74) is 2.49. The van der Waals surface area contributed by atoms with Gasteiger partial charge in [0, 0.05) is 18.3 Å². The summed E-state index contributed by atoms with van der Waals surface area (Å²) in [5, 5.41) is 5.46. The van der Waals surface area contributed by atoms with E-state index in [1.165, 1.54) is 6.92 Å². The van der Waals surface area contributed by atoms with Gasteiger partial charge >= 0.3 is 0 Å². The van der Waals surface area contributed by atoms with E-state index in [9.17, 15) is 9.59 Å². The van der Waals surface area contributed by atoms with E-state index in [-0.39, 0.29) is 18.2 Å². The second-order valence-corrected chi connectivity index (χ2v) is 5.22. The van der Waals surface area contributed by atoms with Crippen LogP contribution in [0.25, 0.3) is 0 Å². The Morgan fingerprint density at radius 2 is 1.65 bits per heavy atom. The Hall–Kier alpha value is -2.82. The van der Waals surface area contributed by atoms with Gasteiger partial charge in [-0.15, -0.1) is 0 Å². The van der Waals surface area contributed by atoms with E-state index < -0.39 is 0 Å². The lowest BCUT2D eigenvalue weighted by molar-refractivity contribution is -0.116. The maximum Gasteiger partial charge on any atom is 0.227 e. The van der Waals surface area contributed by atoms with Crippen molar-refractivity contribution in [2.45, 2.75) is 20.3 Å². The average Bonchev–Trinajstić information content (AvgIpc) is 2.49. The molecule has 0 spiro atoms. The molecule has 23 heavy (non-hydrogen) atoms. The van der Waals surface area contributed by atoms with Crippen molar-refractivity contribution in [2.24, 2.45) is 0 Å². The number of amides is 2. The number of carbonyl (C=O) groups excluding carboxylic acids is 2. The van der Waals surface area contributed by atoms with Crippen molar-refractivity contribution in [1.29, 1.82) is 0 Å². The summed E-state index contributed by atoms with van der Waals surface area (Å²) in [4.78, 5) is 22.8. The topological polar surface area (TPSA) is 67.4 Å². The Labute approximate surface area is 135 Å². The Bertz CT molecular complexity index is 681. The number of aryl methyl sites for hydroxylation is 1. The van der Waals surface area contributed by atoms with Gasteiger partial charge in [-0.1, -0.05) is 12.1 Å². The van der Waals surface area contributed by atoms with Gasteiger partial charge in [0.25, 0.3) is 0 Å². The molecule has 0 aromatic heterocycles. The number of carbonyl (C=O) groups is 2. The molecule has 2 aromatic rings. The van der Waals surface area contributed by atoms with Crippen LogP contribution in [0.5, 0.6) is 5.75 Å². The molecule has 2 N–H and O–H groups in total. The summed E-state index contributed by atoms with van der Waals surface area (Å²) in [5.74, 6) is 0.512. The Morgan fingerprint density at radius 3 is 2.26 bits per heavy atom. The summed E-state index contributed by atoms with van der Waals surface area (Å²) in [6, 6.07) is 14.7. The van der Waals surface area contributed by atoms with Crippen LogP contribution >= 0.6 is 0 Å². The fraction of sp³-hybridized carbons (Fsp3) is 0.222. The van der Waals surface area contributed by atoms with Crippen LogP contribution < -0.4 is 15.4 Å². The Morgan fingerprint density at radius 1 is 1.00 bits per heavy atom. The zero-order chi connectivity index (χ0) is 16.7. The molecule has 2 rings (SSSR count). The van der Waals surface area contributed by atoms with Gasteiger partial charge in [0.2, 0.25) is 11.8 Å². The minimum absolute atomic E-state index is 0.120. The number of benzene rings is 2. The molecule has 0 aliphatic heterocycles. The molecular weight excluding hydrogens is 292 g/mol. The molecule has 0 bridgehead atoms. The first-order valence-corrected chi connectivity index (χ1v) is 7.40. The zero-order valence-corrected chi connectivity index (χ0v) is 13.3. The van der Waals surface area contributed by atoms with Crippen molar-refractivity contribution in [2.75, 3.05) is 17.2 Å². The number of ether oxygens (including phenoxy) is 1. The van der Waals surface area contributed by atoms with E-state index >= 15 is 0 Å². The van der Waals surface area contributed by atoms with Gasteiger partial charge in [-0.25, -0.2) is 0 Å². The van der Waals surface area contributed by atoms with Crippen molar-refractivity contribution in [1.82, 2.24) is 0 Å². The number of hydrogen-bond acceptors (Lipinski definition) is 3. The second kappa shape index (κ2) is 7.98. The highest BCUT2D eigenvalue weighted by molar-refractivity contribution is 5.92. The highest BCUT2D eigenvalue weighted by atomic mass is 16.5. The quantitative estimate of drug-likeness (QED) is 0.859. The van der Waals surface area contributed by atoms with Gasteiger partial charge in [-0.2, -0.15) is 0 Å². The van der Waals surface area contributed by atoms with Crippen LogP contribution in [0.1, 0.15) is 18.9 Å². The van der Waals surface area contributed by atoms with Crippen LogP contribution in [0, 0.1) is 6.92 Å². The fourth-order valence-corrected chi connectivity index (χ4v) is 2.03. The molecule has 0 radical (unpaired) electrons. The molecule has 5 heteroatoms. The Balaban J connectivity index is 1.77. The van der Waals surface area contributed by atoms with E-state index in [0.717, 1.165) is 11.3 Å². The van der Waals surface area contributed by atoms with Gasteiger partial charge in [-0.05, 0) is 48.9 Å². The third kappa shape index (κ3) is 5.82. The van der Waals surface area contributed by atoms with Gasteiger partial charge in [0.15, 0.2) is 0 Å². The number of nitrogens with one attached hydrogen (secondary N) is 2. The van der Waals surface area contributed by atoms with Crippen LogP contribution in [0.2, 0.25) is 0 Å². The number of hydrogen-bond donors (Lipinski definition) is 2. The third-order valence-electron chi connectivity index (χ3n) is 3.08. The van der Waals surface area contributed by atoms with E-state index in [2.05, 4.69) is 10.6 Å². The normalized spacial score (nSPS) is 10.0. The van der Waals surface area contributed by atoms with Gasteiger partial charge < -0.3 is 15.4 Å². The smallest absolute Gasteiger partial charge is 0.227 e. The van der Waals surface area contributed by atoms with Crippen molar-refractivity contribution < 1.29 is 14.3 Å². The molecule has 0 unspecified atom stereocenters. The molecule has 2 aromatic carbocycles. The fourth-order valence-electron chi connectivity index (χ4n) is 2.03. The molecule has 0 aliphatic rings. The number of rotatable bonds is 6. The largest absolute Gasteiger partial charge is 0.493 e. The molecule has 2 amide bonds. The lowest BCUT2D eigenvalue weighted by Crippen LogP contribution is -2.15. The summed E-state index contributed by atoms with van der Waals surface area (Å²) in [6.45, 7) is 3.76. The summed E-state index contributed by atoms with van der Waals surface area (Å²) in [6.07, 6.45) is 0.265. The van der Waals surface area contributed by atoms with Crippen molar-refractivity contribution >= 4 is 23.2 Å². The van der Waals surface area contributed by atoms with E-state index in [4.69, 9.17) is 4.74 Å². The van der Waals surface area contributed by atoms with Crippen molar-refractivity contribution in [3.05, 3.63) is 54.1 Å². The average molecular weight is 312 g/mol. The minimum atomic E-state index is -0.130.